The molecular weight excluding hydrogens is 707 g/mol. The summed E-state index contributed by atoms with van der Waals surface area (Å²) in [6.07, 6.45) is 0. The number of nitrogens with two attached hydrogens (primary N) is 1. The number of nitrogens with zero attached hydrogens (tertiary/aromatic N) is 1. The van der Waals surface area contributed by atoms with Crippen molar-refractivity contribution in [1.29, 1.82) is 0 Å². The quantitative estimate of drug-likeness (QED) is 0.162. The normalized spacial score (nSPS) is 22.3. The van der Waals surface area contributed by atoms with Gasteiger partial charge in [0.05, 0.1) is 10.1 Å². The standard InChI is InChI=1S/C30H28Cl2N6O8S2/c31-15-11-47-26(37-19(15)29(43)44)20(35-23(39)17(33)13-7-3-1-4-8-13)25(41)34-18(14-9-5-2-6-10-14)24(40)36-21-27(42)38-22(30(45)46)16(32)12-48-28(21)38/h1-10,17-18,20-21,26,28,37H,11-12,33H2,(H,34,41)(H,35,39)(H,36,40)(H,43,44)(H,45,46)/t17-,18-,20-,21-,26+,28-/m1/s1. The number of carboxylic acid groups (broad SMARTS) is 2. The third kappa shape index (κ3) is 7.27. The SMILES string of the molecule is N[C@@H](C(=O)N[C@H](C(=O)N[C@@H](C(=O)N[C@@H]1C(=O)N2C(C(=O)O)=C(Cl)CS[C@H]12)c1ccccc1)[C@H]1NC(C(=O)O)=C(Cl)CS1)c1ccccc1. The molecule has 18 heteroatoms. The Hall–Kier alpha value is -4.22. The maximum Gasteiger partial charge on any atom is 0.353 e. The second kappa shape index (κ2) is 14.9. The summed E-state index contributed by atoms with van der Waals surface area (Å²) in [7, 11) is 0. The number of hydrogen-bond acceptors (Lipinski definition) is 10. The zero-order valence-corrected chi connectivity index (χ0v) is 27.7. The number of rotatable bonds is 11. The molecule has 4 amide bonds. The van der Waals surface area contributed by atoms with Gasteiger partial charge in [0.15, 0.2) is 0 Å². The fraction of sp³-hybridized carbons (Fsp3) is 0.267. The van der Waals surface area contributed by atoms with E-state index in [0.717, 1.165) is 16.7 Å². The number of β-lactam (4-membered cyclic amide) rings is 1. The van der Waals surface area contributed by atoms with Crippen LogP contribution in [0.4, 0.5) is 0 Å². The van der Waals surface area contributed by atoms with Crippen LogP contribution in [0.1, 0.15) is 23.2 Å². The lowest BCUT2D eigenvalue weighted by atomic mass is 10.0. The minimum absolute atomic E-state index is 0.00117. The lowest BCUT2D eigenvalue weighted by Crippen LogP contribution is -2.71. The number of benzene rings is 2. The Bertz CT molecular complexity index is 1710. The van der Waals surface area contributed by atoms with Gasteiger partial charge < -0.3 is 37.2 Å². The maximum atomic E-state index is 14.0. The predicted octanol–water partition coefficient (Wildman–Crippen LogP) is 1.16. The van der Waals surface area contributed by atoms with Crippen LogP contribution in [0.2, 0.25) is 0 Å². The Morgan fingerprint density at radius 2 is 1.44 bits per heavy atom. The Balaban J connectivity index is 1.40. The molecule has 5 rings (SSSR count). The topological polar surface area (TPSA) is 220 Å². The first-order valence-electron chi connectivity index (χ1n) is 14.2. The van der Waals surface area contributed by atoms with Gasteiger partial charge in [-0.3, -0.25) is 24.1 Å². The summed E-state index contributed by atoms with van der Waals surface area (Å²) in [5.41, 5.74) is 6.25. The largest absolute Gasteiger partial charge is 0.477 e. The van der Waals surface area contributed by atoms with Gasteiger partial charge in [0, 0.05) is 11.5 Å². The van der Waals surface area contributed by atoms with Crippen LogP contribution in [0.5, 0.6) is 0 Å². The number of carbonyl (C=O) groups excluding carboxylic acids is 4. The van der Waals surface area contributed by atoms with Crippen LogP contribution >= 0.6 is 46.7 Å². The monoisotopic (exact) mass is 734 g/mol. The molecule has 3 aliphatic heterocycles. The average molecular weight is 736 g/mol. The second-order valence-electron chi connectivity index (χ2n) is 10.6. The molecule has 0 aromatic heterocycles. The van der Waals surface area contributed by atoms with Gasteiger partial charge in [0.2, 0.25) is 17.7 Å². The summed E-state index contributed by atoms with van der Waals surface area (Å²) < 4.78 is 0. The van der Waals surface area contributed by atoms with Crippen LogP contribution < -0.4 is 27.0 Å². The molecule has 0 radical (unpaired) electrons. The number of carbonyl (C=O) groups is 6. The smallest absolute Gasteiger partial charge is 0.353 e. The van der Waals surface area contributed by atoms with E-state index in [1.165, 1.54) is 11.8 Å². The molecule has 0 saturated carbocycles. The number of carboxylic acids is 2. The Kier molecular flexibility index (Phi) is 10.9. The summed E-state index contributed by atoms with van der Waals surface area (Å²) >= 11 is 14.4. The Labute approximate surface area is 291 Å². The maximum absolute atomic E-state index is 14.0. The average Bonchev–Trinajstić information content (AvgIpc) is 3.08. The van der Waals surface area contributed by atoms with E-state index in [1.54, 1.807) is 60.7 Å². The third-order valence-corrected chi connectivity index (χ3v) is 11.0. The Morgan fingerprint density at radius 3 is 2.04 bits per heavy atom. The van der Waals surface area contributed by atoms with Crippen molar-refractivity contribution in [3.63, 3.8) is 0 Å². The molecule has 1 saturated heterocycles. The van der Waals surface area contributed by atoms with Gasteiger partial charge in [-0.25, -0.2) is 9.59 Å². The van der Waals surface area contributed by atoms with Crippen LogP contribution in [0.25, 0.3) is 0 Å². The molecule has 3 heterocycles. The third-order valence-electron chi connectivity index (χ3n) is 7.59. The highest BCUT2D eigenvalue weighted by molar-refractivity contribution is 8.00. The number of aliphatic carboxylic acids is 2. The molecule has 0 aliphatic carbocycles. The number of nitrogens with one attached hydrogen (secondary N) is 4. The molecular formula is C30H28Cl2N6O8S2. The van der Waals surface area contributed by atoms with E-state index in [-0.39, 0.29) is 33.0 Å². The van der Waals surface area contributed by atoms with E-state index in [0.29, 0.717) is 11.1 Å². The van der Waals surface area contributed by atoms with Crippen molar-refractivity contribution in [3.8, 4) is 0 Å². The van der Waals surface area contributed by atoms with Crippen LogP contribution in [-0.2, 0) is 28.8 Å². The zero-order valence-electron chi connectivity index (χ0n) is 24.6. The highest BCUT2D eigenvalue weighted by Crippen LogP contribution is 2.41. The summed E-state index contributed by atoms with van der Waals surface area (Å²) in [5, 5.41) is 27.9. The van der Waals surface area contributed by atoms with Crippen molar-refractivity contribution >= 4 is 82.3 Å². The van der Waals surface area contributed by atoms with E-state index in [1.807, 2.05) is 0 Å². The van der Waals surface area contributed by atoms with Crippen molar-refractivity contribution in [3.05, 3.63) is 93.2 Å². The van der Waals surface area contributed by atoms with E-state index in [9.17, 15) is 39.0 Å². The second-order valence-corrected chi connectivity index (χ2v) is 13.8. The fourth-order valence-electron chi connectivity index (χ4n) is 5.18. The number of halogens is 2. The molecule has 2 aromatic carbocycles. The van der Waals surface area contributed by atoms with Crippen LogP contribution in [0.3, 0.4) is 0 Å². The summed E-state index contributed by atoms with van der Waals surface area (Å²) in [4.78, 5) is 78.8. The number of thioether (sulfide) groups is 2. The summed E-state index contributed by atoms with van der Waals surface area (Å²) in [6.45, 7) is 0. The number of amides is 4. The van der Waals surface area contributed by atoms with Crippen molar-refractivity contribution in [1.82, 2.24) is 26.2 Å². The highest BCUT2D eigenvalue weighted by atomic mass is 35.5. The highest BCUT2D eigenvalue weighted by Gasteiger charge is 2.54. The molecule has 6 atom stereocenters. The predicted molar refractivity (Wildman–Crippen MR) is 178 cm³/mol. The molecule has 0 unspecified atom stereocenters. The van der Waals surface area contributed by atoms with Gasteiger partial charge in [-0.2, -0.15) is 0 Å². The minimum atomic E-state index is -1.48. The van der Waals surface area contributed by atoms with Gasteiger partial charge >= 0.3 is 11.9 Å². The molecule has 3 aliphatic rings. The van der Waals surface area contributed by atoms with Gasteiger partial charge in [-0.05, 0) is 11.1 Å². The van der Waals surface area contributed by atoms with Crippen molar-refractivity contribution < 1.29 is 39.0 Å². The van der Waals surface area contributed by atoms with Gasteiger partial charge in [-0.15, -0.1) is 23.5 Å². The molecule has 14 nitrogen and oxygen atoms in total. The van der Waals surface area contributed by atoms with Crippen molar-refractivity contribution in [2.75, 3.05) is 11.5 Å². The summed E-state index contributed by atoms with van der Waals surface area (Å²) in [6, 6.07) is 11.3. The molecule has 48 heavy (non-hydrogen) atoms. The summed E-state index contributed by atoms with van der Waals surface area (Å²) in [5.74, 6) is -5.76. The van der Waals surface area contributed by atoms with Crippen LogP contribution in [0.15, 0.2) is 82.1 Å². The van der Waals surface area contributed by atoms with Crippen LogP contribution in [-0.4, -0.2) is 85.0 Å². The van der Waals surface area contributed by atoms with E-state index in [2.05, 4.69) is 21.3 Å². The first-order chi connectivity index (χ1) is 22.9. The molecule has 1 fully saturated rings. The lowest BCUT2D eigenvalue weighted by Gasteiger charge is -2.49. The van der Waals surface area contributed by atoms with E-state index >= 15 is 0 Å². The van der Waals surface area contributed by atoms with E-state index < -0.39 is 70.5 Å². The molecule has 0 bridgehead atoms. The number of hydrogen-bond donors (Lipinski definition) is 7. The van der Waals surface area contributed by atoms with Gasteiger partial charge in [0.1, 0.15) is 46.3 Å². The number of fused-ring (bicyclic) bond motifs is 1. The molecule has 0 spiro atoms. The van der Waals surface area contributed by atoms with Crippen LogP contribution in [0, 0.1) is 0 Å². The lowest BCUT2D eigenvalue weighted by molar-refractivity contribution is -0.151. The van der Waals surface area contributed by atoms with E-state index in [4.69, 9.17) is 28.9 Å². The van der Waals surface area contributed by atoms with Gasteiger partial charge in [-0.1, -0.05) is 83.9 Å². The fourth-order valence-corrected chi connectivity index (χ4v) is 8.11. The van der Waals surface area contributed by atoms with Crippen molar-refractivity contribution in [2.45, 2.75) is 34.9 Å². The molecule has 2 aromatic rings. The Morgan fingerprint density at radius 1 is 0.833 bits per heavy atom. The van der Waals surface area contributed by atoms with Gasteiger partial charge in [0.25, 0.3) is 5.91 Å². The molecule has 252 valence electrons. The minimum Gasteiger partial charge on any atom is -0.477 e. The molecule has 8 N–H and O–H groups in total. The first-order valence-corrected chi connectivity index (χ1v) is 17.1. The first kappa shape index (κ1) is 35.1. The zero-order chi connectivity index (χ0) is 34.7. The van der Waals surface area contributed by atoms with Crippen molar-refractivity contribution in [2.24, 2.45) is 5.73 Å².